The monoisotopic (exact) mass is 243 g/mol. The van der Waals surface area contributed by atoms with E-state index in [4.69, 9.17) is 11.6 Å². The summed E-state index contributed by atoms with van der Waals surface area (Å²) in [4.78, 5) is 2.31. The van der Waals surface area contributed by atoms with Crippen LogP contribution in [0.1, 0.15) is 12.6 Å². The van der Waals surface area contributed by atoms with Crippen LogP contribution in [0, 0.1) is 0 Å². The Hall–Kier alpha value is -0.480. The largest absolute Gasteiger partial charge is 0.351 e. The van der Waals surface area contributed by atoms with Crippen LogP contribution in [0.2, 0.25) is 0 Å². The summed E-state index contributed by atoms with van der Waals surface area (Å²) in [7, 11) is 0. The maximum atomic E-state index is 5.67. The second-order valence-corrected chi connectivity index (χ2v) is 5.05. The molecule has 1 saturated heterocycles. The molecule has 0 bridgehead atoms. The minimum atomic E-state index is 0.429. The van der Waals surface area contributed by atoms with Gasteiger partial charge in [0.1, 0.15) is 0 Å². The van der Waals surface area contributed by atoms with Gasteiger partial charge in [-0.1, -0.05) is 0 Å². The molecule has 3 nitrogen and oxygen atoms in total. The summed E-state index contributed by atoms with van der Waals surface area (Å²) in [5.74, 6) is 3.73. The Morgan fingerprint density at radius 1 is 1.53 bits per heavy atom. The summed E-state index contributed by atoms with van der Waals surface area (Å²) in [5.41, 5.74) is 0.833. The van der Waals surface area contributed by atoms with Crippen LogP contribution in [0.3, 0.4) is 0 Å². The lowest BCUT2D eigenvalue weighted by atomic mass is 10.3. The fraction of sp³-hybridized carbons (Fsp3) is 0.600. The van der Waals surface area contributed by atoms with Gasteiger partial charge in [-0.15, -0.1) is 16.7 Å². The van der Waals surface area contributed by atoms with E-state index >= 15 is 0 Å². The van der Waals surface area contributed by atoms with Crippen molar-refractivity contribution in [1.29, 1.82) is 0 Å². The molecular formula is C10H14ClN3S. The highest BCUT2D eigenvalue weighted by Crippen LogP contribution is 2.21. The molecule has 0 aliphatic carbocycles. The molecule has 1 unspecified atom stereocenters. The summed E-state index contributed by atoms with van der Waals surface area (Å²) in [5, 5.41) is 8.28. The second kappa shape index (κ2) is 5.03. The third kappa shape index (κ3) is 2.55. The number of alkyl halides is 1. The molecule has 0 saturated carbocycles. The van der Waals surface area contributed by atoms with Crippen molar-refractivity contribution >= 4 is 29.2 Å². The Morgan fingerprint density at radius 2 is 2.40 bits per heavy atom. The van der Waals surface area contributed by atoms with Crippen molar-refractivity contribution < 1.29 is 0 Å². The van der Waals surface area contributed by atoms with E-state index in [1.165, 1.54) is 11.5 Å². The predicted octanol–water partition coefficient (Wildman–Crippen LogP) is 2.16. The van der Waals surface area contributed by atoms with Gasteiger partial charge in [0.25, 0.3) is 0 Å². The third-order valence-corrected chi connectivity index (χ3v) is 3.97. The second-order valence-electron chi connectivity index (χ2n) is 3.63. The molecule has 1 aliphatic rings. The molecule has 0 spiro atoms. The van der Waals surface area contributed by atoms with E-state index in [-0.39, 0.29) is 0 Å². The molecule has 1 atom stereocenters. The fourth-order valence-electron chi connectivity index (χ4n) is 1.64. The van der Waals surface area contributed by atoms with Gasteiger partial charge < -0.3 is 4.90 Å². The lowest BCUT2D eigenvalue weighted by Gasteiger charge is -2.33. The first-order chi connectivity index (χ1) is 7.31. The van der Waals surface area contributed by atoms with Gasteiger partial charge in [-0.2, -0.15) is 16.9 Å². The third-order valence-electron chi connectivity index (χ3n) is 2.50. The molecule has 0 aromatic carbocycles. The van der Waals surface area contributed by atoms with E-state index in [1.54, 1.807) is 0 Å². The molecule has 2 heterocycles. The van der Waals surface area contributed by atoms with Crippen molar-refractivity contribution in [2.24, 2.45) is 0 Å². The number of aromatic nitrogens is 2. The van der Waals surface area contributed by atoms with Crippen molar-refractivity contribution in [3.05, 3.63) is 17.8 Å². The first-order valence-corrected chi connectivity index (χ1v) is 6.73. The van der Waals surface area contributed by atoms with E-state index in [1.807, 2.05) is 23.9 Å². The summed E-state index contributed by atoms with van der Waals surface area (Å²) < 4.78 is 0. The first-order valence-electron chi connectivity index (χ1n) is 5.04. The Bertz CT molecular complexity index is 317. The van der Waals surface area contributed by atoms with Crippen LogP contribution in [-0.4, -0.2) is 34.3 Å². The van der Waals surface area contributed by atoms with Crippen molar-refractivity contribution in [3.8, 4) is 0 Å². The average molecular weight is 244 g/mol. The van der Waals surface area contributed by atoms with Crippen LogP contribution < -0.4 is 4.90 Å². The zero-order valence-electron chi connectivity index (χ0n) is 8.69. The van der Waals surface area contributed by atoms with E-state index in [0.29, 0.717) is 11.9 Å². The van der Waals surface area contributed by atoms with Gasteiger partial charge in [0.2, 0.25) is 0 Å². The van der Waals surface area contributed by atoms with E-state index in [9.17, 15) is 0 Å². The number of hydrogen-bond acceptors (Lipinski definition) is 4. The van der Waals surface area contributed by atoms with Crippen LogP contribution in [0.25, 0.3) is 0 Å². The molecule has 0 radical (unpaired) electrons. The Labute approximate surface area is 99.2 Å². The van der Waals surface area contributed by atoms with Crippen LogP contribution >= 0.6 is 23.4 Å². The molecule has 1 aromatic heterocycles. The van der Waals surface area contributed by atoms with E-state index < -0.39 is 0 Å². The van der Waals surface area contributed by atoms with Gasteiger partial charge in [-0.05, 0) is 19.1 Å². The van der Waals surface area contributed by atoms with Gasteiger partial charge in [0.05, 0.1) is 11.6 Å². The highest BCUT2D eigenvalue weighted by molar-refractivity contribution is 7.99. The summed E-state index contributed by atoms with van der Waals surface area (Å²) >= 11 is 7.67. The lowest BCUT2D eigenvalue weighted by molar-refractivity contribution is 0.681. The molecular weight excluding hydrogens is 230 g/mol. The van der Waals surface area contributed by atoms with Crippen LogP contribution in [-0.2, 0) is 5.88 Å². The van der Waals surface area contributed by atoms with Crippen molar-refractivity contribution in [3.63, 3.8) is 0 Å². The standard InChI is InChI=1S/C10H14ClN3S/c1-8-7-15-5-4-14(8)10-3-2-9(6-11)12-13-10/h2-3,8H,4-7H2,1H3. The summed E-state index contributed by atoms with van der Waals surface area (Å²) in [6.45, 7) is 3.28. The molecule has 0 N–H and O–H groups in total. The Kier molecular flexibility index (Phi) is 3.70. The van der Waals surface area contributed by atoms with Gasteiger partial charge in [0.15, 0.2) is 5.82 Å². The van der Waals surface area contributed by atoms with Gasteiger partial charge in [0, 0.05) is 24.1 Å². The van der Waals surface area contributed by atoms with Crippen molar-refractivity contribution in [2.75, 3.05) is 23.0 Å². The number of nitrogens with zero attached hydrogens (tertiary/aromatic N) is 3. The van der Waals surface area contributed by atoms with E-state index in [0.717, 1.165) is 18.1 Å². The first kappa shape index (κ1) is 11.0. The lowest BCUT2D eigenvalue weighted by Crippen LogP contribution is -2.41. The number of hydrogen-bond donors (Lipinski definition) is 0. The Morgan fingerprint density at radius 3 is 3.00 bits per heavy atom. The molecule has 15 heavy (non-hydrogen) atoms. The molecule has 82 valence electrons. The maximum absolute atomic E-state index is 5.67. The van der Waals surface area contributed by atoms with Crippen molar-refractivity contribution in [2.45, 2.75) is 18.8 Å². The molecule has 1 fully saturated rings. The summed E-state index contributed by atoms with van der Waals surface area (Å²) in [6, 6.07) is 4.50. The molecule has 1 aliphatic heterocycles. The molecule has 1 aromatic rings. The molecule has 5 heteroatoms. The SMILES string of the molecule is CC1CSCCN1c1ccc(CCl)nn1. The number of thioether (sulfide) groups is 1. The average Bonchev–Trinajstić information content (AvgIpc) is 2.30. The predicted molar refractivity (Wildman–Crippen MR) is 65.7 cm³/mol. The highest BCUT2D eigenvalue weighted by atomic mass is 35.5. The minimum Gasteiger partial charge on any atom is -0.351 e. The fourth-order valence-corrected chi connectivity index (χ4v) is 2.80. The topological polar surface area (TPSA) is 29.0 Å². The minimum absolute atomic E-state index is 0.429. The van der Waals surface area contributed by atoms with Gasteiger partial charge in [-0.25, -0.2) is 0 Å². The number of rotatable bonds is 2. The zero-order valence-corrected chi connectivity index (χ0v) is 10.3. The van der Waals surface area contributed by atoms with E-state index in [2.05, 4.69) is 22.0 Å². The number of halogens is 1. The zero-order chi connectivity index (χ0) is 10.7. The maximum Gasteiger partial charge on any atom is 0.151 e. The number of anilines is 1. The van der Waals surface area contributed by atoms with Crippen LogP contribution in [0.15, 0.2) is 12.1 Å². The summed E-state index contributed by atoms with van der Waals surface area (Å²) in [6.07, 6.45) is 0. The quantitative estimate of drug-likeness (QED) is 0.745. The normalized spacial score (nSPS) is 21.7. The van der Waals surface area contributed by atoms with Crippen molar-refractivity contribution in [1.82, 2.24) is 10.2 Å². The van der Waals surface area contributed by atoms with Crippen LogP contribution in [0.5, 0.6) is 0 Å². The smallest absolute Gasteiger partial charge is 0.151 e. The highest BCUT2D eigenvalue weighted by Gasteiger charge is 2.19. The Balaban J connectivity index is 2.13. The van der Waals surface area contributed by atoms with Crippen LogP contribution in [0.4, 0.5) is 5.82 Å². The molecule has 0 amide bonds. The molecule has 2 rings (SSSR count). The van der Waals surface area contributed by atoms with Gasteiger partial charge in [-0.3, -0.25) is 0 Å². The van der Waals surface area contributed by atoms with Gasteiger partial charge >= 0.3 is 0 Å².